The molecule has 4 nitrogen and oxygen atoms in total. The monoisotopic (exact) mass is 307 g/mol. The summed E-state index contributed by atoms with van der Waals surface area (Å²) in [5, 5.41) is 2.65. The van der Waals surface area contributed by atoms with Gasteiger partial charge in [-0.2, -0.15) is 0 Å². The molecule has 2 heterocycles. The normalized spacial score (nSPS) is 16.9. The van der Waals surface area contributed by atoms with E-state index in [9.17, 15) is 4.79 Å². The van der Waals surface area contributed by atoms with Gasteiger partial charge < -0.3 is 4.98 Å². The van der Waals surface area contributed by atoms with E-state index >= 15 is 0 Å². The molecule has 0 radical (unpaired) electrons. The number of fused-ring (bicyclic) bond motifs is 1. The molecular formula is C19H21N3O. The molecule has 0 aliphatic carbocycles. The minimum Gasteiger partial charge on any atom is -0.313 e. The van der Waals surface area contributed by atoms with E-state index in [2.05, 4.69) is 52.3 Å². The number of aromatic nitrogens is 2. The molecule has 4 rings (SSSR count). The highest BCUT2D eigenvalue weighted by Gasteiger charge is 2.21. The number of nitrogens with one attached hydrogen (secondary N) is 1. The smallest absolute Gasteiger partial charge is 0.313 e. The average molecular weight is 307 g/mol. The molecule has 0 saturated carbocycles. The molecule has 0 spiro atoms. The zero-order valence-corrected chi connectivity index (χ0v) is 13.1. The van der Waals surface area contributed by atoms with Gasteiger partial charge in [-0.05, 0) is 29.2 Å². The van der Waals surface area contributed by atoms with Crippen molar-refractivity contribution in [3.63, 3.8) is 0 Å². The third-order valence-corrected chi connectivity index (χ3v) is 4.90. The zero-order chi connectivity index (χ0) is 15.6. The zero-order valence-electron chi connectivity index (χ0n) is 13.1. The summed E-state index contributed by atoms with van der Waals surface area (Å²) >= 11 is 0. The summed E-state index contributed by atoms with van der Waals surface area (Å²) < 4.78 is 1.84. The van der Waals surface area contributed by atoms with Crippen molar-refractivity contribution in [1.29, 1.82) is 0 Å². The Morgan fingerprint density at radius 1 is 1.04 bits per heavy atom. The molecule has 0 bridgehead atoms. The molecule has 0 atom stereocenters. The second kappa shape index (κ2) is 6.05. The third-order valence-electron chi connectivity index (χ3n) is 4.90. The van der Waals surface area contributed by atoms with Crippen molar-refractivity contribution in [2.24, 2.45) is 0 Å². The van der Waals surface area contributed by atoms with Crippen LogP contribution >= 0.6 is 0 Å². The van der Waals surface area contributed by atoms with Crippen LogP contribution in [0, 0.1) is 0 Å². The number of imidazole rings is 1. The predicted molar refractivity (Wildman–Crippen MR) is 92.5 cm³/mol. The van der Waals surface area contributed by atoms with Gasteiger partial charge in [0.25, 0.3) is 0 Å². The van der Waals surface area contributed by atoms with E-state index in [1.807, 2.05) is 10.8 Å². The van der Waals surface area contributed by atoms with Gasteiger partial charge in [0.15, 0.2) is 0 Å². The first-order valence-electron chi connectivity index (χ1n) is 8.26. The molecule has 1 aliphatic heterocycles. The molecule has 0 unspecified atom stereocenters. The summed E-state index contributed by atoms with van der Waals surface area (Å²) in [5.41, 5.74) is 1.40. The van der Waals surface area contributed by atoms with E-state index in [-0.39, 0.29) is 5.69 Å². The molecule has 3 aromatic rings. The van der Waals surface area contributed by atoms with Crippen molar-refractivity contribution < 1.29 is 0 Å². The summed E-state index contributed by atoms with van der Waals surface area (Å²) in [6, 6.07) is 15.4. The van der Waals surface area contributed by atoms with Crippen LogP contribution in [-0.4, -0.2) is 27.5 Å². The van der Waals surface area contributed by atoms with Crippen molar-refractivity contribution >= 4 is 10.8 Å². The highest BCUT2D eigenvalue weighted by molar-refractivity contribution is 5.85. The van der Waals surface area contributed by atoms with E-state index in [4.69, 9.17) is 0 Å². The SMILES string of the molecule is O=c1[nH]ccn1C1CCN(Cc2cccc3ccccc23)CC1. The van der Waals surface area contributed by atoms with Gasteiger partial charge in [-0.1, -0.05) is 42.5 Å². The average Bonchev–Trinajstić information content (AvgIpc) is 3.02. The van der Waals surface area contributed by atoms with Crippen molar-refractivity contribution in [3.8, 4) is 0 Å². The summed E-state index contributed by atoms with van der Waals surface area (Å²) in [4.78, 5) is 17.0. The lowest BCUT2D eigenvalue weighted by atomic mass is 10.0. The van der Waals surface area contributed by atoms with Crippen LogP contribution in [0.5, 0.6) is 0 Å². The largest absolute Gasteiger partial charge is 0.325 e. The molecule has 1 aromatic heterocycles. The van der Waals surface area contributed by atoms with E-state index < -0.39 is 0 Å². The van der Waals surface area contributed by atoms with E-state index in [1.165, 1.54) is 16.3 Å². The molecule has 4 heteroatoms. The van der Waals surface area contributed by atoms with Crippen LogP contribution in [0.15, 0.2) is 59.7 Å². The quantitative estimate of drug-likeness (QED) is 0.807. The fourth-order valence-corrected chi connectivity index (χ4v) is 3.65. The first-order chi connectivity index (χ1) is 11.3. The Kier molecular flexibility index (Phi) is 3.75. The minimum absolute atomic E-state index is 0.0116. The molecule has 1 N–H and O–H groups in total. The van der Waals surface area contributed by atoms with Gasteiger partial charge in [0, 0.05) is 38.1 Å². The Labute approximate surface area is 135 Å². The summed E-state index contributed by atoms with van der Waals surface area (Å²) in [6.07, 6.45) is 5.66. The van der Waals surface area contributed by atoms with Gasteiger partial charge >= 0.3 is 5.69 Å². The maximum absolute atomic E-state index is 11.7. The van der Waals surface area contributed by atoms with Crippen LogP contribution < -0.4 is 5.69 Å². The number of piperidine rings is 1. The highest BCUT2D eigenvalue weighted by atomic mass is 16.1. The van der Waals surface area contributed by atoms with E-state index in [1.54, 1.807) is 6.20 Å². The molecule has 1 aliphatic rings. The van der Waals surface area contributed by atoms with E-state index in [0.717, 1.165) is 32.5 Å². The number of H-pyrrole nitrogens is 1. The Morgan fingerprint density at radius 2 is 1.83 bits per heavy atom. The fraction of sp³-hybridized carbons (Fsp3) is 0.316. The second-order valence-electron chi connectivity index (χ2n) is 6.32. The standard InChI is InChI=1S/C19H21N3O/c23-19-20-10-13-22(19)17-8-11-21(12-9-17)14-16-6-3-5-15-4-1-2-7-18(15)16/h1-7,10,13,17H,8-9,11-12,14H2,(H,20,23). The van der Waals surface area contributed by atoms with Crippen LogP contribution in [0.1, 0.15) is 24.4 Å². The molecule has 0 amide bonds. The molecule has 23 heavy (non-hydrogen) atoms. The number of hydrogen-bond acceptors (Lipinski definition) is 2. The number of hydrogen-bond donors (Lipinski definition) is 1. The lowest BCUT2D eigenvalue weighted by Gasteiger charge is -2.32. The molecule has 118 valence electrons. The van der Waals surface area contributed by atoms with Crippen molar-refractivity contribution in [2.45, 2.75) is 25.4 Å². The van der Waals surface area contributed by atoms with Gasteiger partial charge in [-0.15, -0.1) is 0 Å². The van der Waals surface area contributed by atoms with Crippen LogP contribution in [-0.2, 0) is 6.54 Å². The molecular weight excluding hydrogens is 286 g/mol. The van der Waals surface area contributed by atoms with Crippen molar-refractivity contribution in [1.82, 2.24) is 14.5 Å². The second-order valence-corrected chi connectivity index (χ2v) is 6.32. The van der Waals surface area contributed by atoms with Gasteiger partial charge in [0.2, 0.25) is 0 Å². The highest BCUT2D eigenvalue weighted by Crippen LogP contribution is 2.25. The molecule has 2 aromatic carbocycles. The number of aromatic amines is 1. The van der Waals surface area contributed by atoms with Gasteiger partial charge in [-0.3, -0.25) is 9.47 Å². The minimum atomic E-state index is 0.0116. The van der Waals surface area contributed by atoms with Crippen molar-refractivity contribution in [3.05, 3.63) is 70.9 Å². The van der Waals surface area contributed by atoms with Gasteiger partial charge in [-0.25, -0.2) is 4.79 Å². The summed E-state index contributed by atoms with van der Waals surface area (Å²) in [6.45, 7) is 3.05. The Bertz CT molecular complexity index is 851. The first kappa shape index (κ1) is 14.3. The summed E-state index contributed by atoms with van der Waals surface area (Å²) in [7, 11) is 0. The Balaban J connectivity index is 1.47. The number of rotatable bonds is 3. The van der Waals surface area contributed by atoms with Crippen LogP contribution in [0.25, 0.3) is 10.8 Å². The number of nitrogens with zero attached hydrogens (tertiary/aromatic N) is 2. The summed E-state index contributed by atoms with van der Waals surface area (Å²) in [5.74, 6) is 0. The molecule has 1 saturated heterocycles. The fourth-order valence-electron chi connectivity index (χ4n) is 3.65. The first-order valence-corrected chi connectivity index (χ1v) is 8.26. The maximum atomic E-state index is 11.7. The molecule has 1 fully saturated rings. The van der Waals surface area contributed by atoms with Crippen molar-refractivity contribution in [2.75, 3.05) is 13.1 Å². The van der Waals surface area contributed by atoms with E-state index in [0.29, 0.717) is 6.04 Å². The Hall–Kier alpha value is -2.33. The number of benzene rings is 2. The lowest BCUT2D eigenvalue weighted by Crippen LogP contribution is -2.36. The number of likely N-dealkylation sites (tertiary alicyclic amines) is 1. The lowest BCUT2D eigenvalue weighted by molar-refractivity contribution is 0.178. The maximum Gasteiger partial charge on any atom is 0.325 e. The van der Waals surface area contributed by atoms with Crippen LogP contribution in [0.3, 0.4) is 0 Å². The van der Waals surface area contributed by atoms with Crippen LogP contribution in [0.2, 0.25) is 0 Å². The third kappa shape index (κ3) is 2.82. The Morgan fingerprint density at radius 3 is 2.61 bits per heavy atom. The topological polar surface area (TPSA) is 41.0 Å². The van der Waals surface area contributed by atoms with Gasteiger partial charge in [0.05, 0.1) is 0 Å². The van der Waals surface area contributed by atoms with Gasteiger partial charge in [0.1, 0.15) is 0 Å². The predicted octanol–water partition coefficient (Wildman–Crippen LogP) is 3.17. The van der Waals surface area contributed by atoms with Crippen LogP contribution in [0.4, 0.5) is 0 Å².